The average molecular weight is 445 g/mol. The summed E-state index contributed by atoms with van der Waals surface area (Å²) >= 11 is 0. The molecule has 2 nitrogen and oxygen atoms in total. The topological polar surface area (TPSA) is 26.3 Å². The summed E-state index contributed by atoms with van der Waals surface area (Å²) in [6.07, 6.45) is 22.4. The summed E-state index contributed by atoms with van der Waals surface area (Å²) in [5.74, 6) is -0.0426. The number of carbonyl (C=O) groups is 1. The third-order valence-electron chi connectivity index (χ3n) is 6.81. The van der Waals surface area contributed by atoms with Gasteiger partial charge in [0.25, 0.3) is 0 Å². The highest BCUT2D eigenvalue weighted by atomic mass is 16.5. The second-order valence-corrected chi connectivity index (χ2v) is 10.2. The molecule has 0 saturated carbocycles. The molecule has 0 saturated heterocycles. The first kappa shape index (κ1) is 28.7. The van der Waals surface area contributed by atoms with Crippen molar-refractivity contribution in [2.75, 3.05) is 6.61 Å². The lowest BCUT2D eigenvalue weighted by Crippen LogP contribution is -2.25. The van der Waals surface area contributed by atoms with Gasteiger partial charge in [0, 0.05) is 11.8 Å². The minimum absolute atomic E-state index is 0.0426. The Balaban J connectivity index is 2.35. The molecule has 1 atom stereocenters. The number of benzene rings is 1. The molecule has 0 aromatic heterocycles. The summed E-state index contributed by atoms with van der Waals surface area (Å²) in [4.78, 5) is 12.4. The number of esters is 1. The van der Waals surface area contributed by atoms with Crippen molar-refractivity contribution in [1.29, 1.82) is 0 Å². The standard InChI is InChI=1S/C30H52O2/c1-4-6-8-10-12-13-15-20-26-30(3,25-19-14-11-9-7-5-2)27-32-29(31)24-23-28-21-17-16-18-22-28/h16-18,21-22H,4-15,19-20,23-27H2,1-3H3. The first-order valence-electron chi connectivity index (χ1n) is 13.8. The van der Waals surface area contributed by atoms with Gasteiger partial charge < -0.3 is 4.74 Å². The van der Waals surface area contributed by atoms with E-state index in [-0.39, 0.29) is 11.4 Å². The molecule has 1 aromatic carbocycles. The van der Waals surface area contributed by atoms with E-state index in [0.717, 1.165) is 6.42 Å². The maximum absolute atomic E-state index is 12.4. The molecule has 0 radical (unpaired) electrons. The number of hydrogen-bond donors (Lipinski definition) is 0. The van der Waals surface area contributed by atoms with Gasteiger partial charge in [0.2, 0.25) is 0 Å². The normalized spacial score (nSPS) is 13.1. The highest BCUT2D eigenvalue weighted by molar-refractivity contribution is 5.69. The molecule has 2 heteroatoms. The molecule has 1 unspecified atom stereocenters. The molecule has 32 heavy (non-hydrogen) atoms. The fraction of sp³-hybridized carbons (Fsp3) is 0.767. The van der Waals surface area contributed by atoms with E-state index < -0.39 is 0 Å². The van der Waals surface area contributed by atoms with Crippen LogP contribution < -0.4 is 0 Å². The second kappa shape index (κ2) is 19.2. The summed E-state index contributed by atoms with van der Waals surface area (Å²) < 4.78 is 5.81. The Bertz CT molecular complexity index is 553. The fourth-order valence-electron chi connectivity index (χ4n) is 4.51. The number of carbonyl (C=O) groups excluding carboxylic acids is 1. The number of hydrogen-bond acceptors (Lipinski definition) is 2. The molecule has 0 aliphatic heterocycles. The van der Waals surface area contributed by atoms with Crippen LogP contribution in [-0.2, 0) is 16.0 Å². The average Bonchev–Trinajstić information content (AvgIpc) is 2.81. The number of unbranched alkanes of at least 4 members (excludes halogenated alkanes) is 12. The van der Waals surface area contributed by atoms with Crippen molar-refractivity contribution in [3.63, 3.8) is 0 Å². The molecular formula is C30H52O2. The van der Waals surface area contributed by atoms with Gasteiger partial charge in [-0.25, -0.2) is 0 Å². The lowest BCUT2D eigenvalue weighted by atomic mass is 9.80. The van der Waals surface area contributed by atoms with E-state index in [1.165, 1.54) is 108 Å². The fourth-order valence-corrected chi connectivity index (χ4v) is 4.51. The molecule has 0 aliphatic rings. The highest BCUT2D eigenvalue weighted by Gasteiger charge is 2.25. The Hall–Kier alpha value is -1.31. The van der Waals surface area contributed by atoms with E-state index in [1.807, 2.05) is 18.2 Å². The lowest BCUT2D eigenvalue weighted by Gasteiger charge is -2.29. The van der Waals surface area contributed by atoms with E-state index in [4.69, 9.17) is 4.74 Å². The van der Waals surface area contributed by atoms with Crippen LogP contribution in [0.5, 0.6) is 0 Å². The van der Waals surface area contributed by atoms with Crippen LogP contribution in [0.1, 0.15) is 135 Å². The number of aryl methyl sites for hydroxylation is 1. The Morgan fingerprint density at radius 3 is 1.69 bits per heavy atom. The van der Waals surface area contributed by atoms with Crippen LogP contribution in [0.25, 0.3) is 0 Å². The van der Waals surface area contributed by atoms with Crippen molar-refractivity contribution in [2.45, 2.75) is 136 Å². The summed E-state index contributed by atoms with van der Waals surface area (Å²) in [5, 5.41) is 0. The minimum atomic E-state index is -0.0426. The predicted octanol–water partition coefficient (Wildman–Crippen LogP) is 9.45. The molecule has 0 spiro atoms. The Morgan fingerprint density at radius 2 is 1.19 bits per heavy atom. The largest absolute Gasteiger partial charge is 0.465 e. The second-order valence-electron chi connectivity index (χ2n) is 10.2. The van der Waals surface area contributed by atoms with Crippen LogP contribution >= 0.6 is 0 Å². The van der Waals surface area contributed by atoms with E-state index in [1.54, 1.807) is 0 Å². The van der Waals surface area contributed by atoms with Gasteiger partial charge in [0.1, 0.15) is 0 Å². The molecule has 1 rings (SSSR count). The lowest BCUT2D eigenvalue weighted by molar-refractivity contribution is -0.147. The third kappa shape index (κ3) is 15.5. The monoisotopic (exact) mass is 444 g/mol. The molecule has 0 heterocycles. The summed E-state index contributed by atoms with van der Waals surface area (Å²) in [6.45, 7) is 7.49. The van der Waals surface area contributed by atoms with Crippen molar-refractivity contribution >= 4 is 5.97 Å². The van der Waals surface area contributed by atoms with Crippen LogP contribution in [0.3, 0.4) is 0 Å². The zero-order valence-electron chi connectivity index (χ0n) is 21.6. The van der Waals surface area contributed by atoms with Crippen LogP contribution in [0.15, 0.2) is 30.3 Å². The zero-order chi connectivity index (χ0) is 23.3. The van der Waals surface area contributed by atoms with E-state index >= 15 is 0 Å². The number of ether oxygens (including phenoxy) is 1. The molecule has 0 aliphatic carbocycles. The van der Waals surface area contributed by atoms with Gasteiger partial charge in [-0.2, -0.15) is 0 Å². The van der Waals surface area contributed by atoms with Gasteiger partial charge in [0.05, 0.1) is 6.61 Å². The van der Waals surface area contributed by atoms with Crippen molar-refractivity contribution in [1.82, 2.24) is 0 Å². The van der Waals surface area contributed by atoms with E-state index in [2.05, 4.69) is 32.9 Å². The van der Waals surface area contributed by atoms with Crippen molar-refractivity contribution in [2.24, 2.45) is 5.41 Å². The molecule has 184 valence electrons. The smallest absolute Gasteiger partial charge is 0.306 e. The third-order valence-corrected chi connectivity index (χ3v) is 6.81. The summed E-state index contributed by atoms with van der Waals surface area (Å²) in [5.41, 5.74) is 1.34. The van der Waals surface area contributed by atoms with Gasteiger partial charge in [-0.05, 0) is 24.8 Å². The quantitative estimate of drug-likeness (QED) is 0.139. The van der Waals surface area contributed by atoms with Crippen molar-refractivity contribution < 1.29 is 9.53 Å². The molecule has 1 aromatic rings. The van der Waals surface area contributed by atoms with Crippen LogP contribution in [0.2, 0.25) is 0 Å². The molecule has 0 bridgehead atoms. The predicted molar refractivity (Wildman–Crippen MR) is 139 cm³/mol. The minimum Gasteiger partial charge on any atom is -0.465 e. The maximum Gasteiger partial charge on any atom is 0.306 e. The summed E-state index contributed by atoms with van der Waals surface area (Å²) in [6, 6.07) is 10.2. The Labute approximate surface area is 199 Å². The van der Waals surface area contributed by atoms with Gasteiger partial charge in [-0.1, -0.05) is 141 Å². The first-order chi connectivity index (χ1) is 15.6. The Morgan fingerprint density at radius 1 is 0.719 bits per heavy atom. The molecular weight excluding hydrogens is 392 g/mol. The number of rotatable bonds is 21. The maximum atomic E-state index is 12.4. The van der Waals surface area contributed by atoms with E-state index in [9.17, 15) is 4.79 Å². The molecule has 0 N–H and O–H groups in total. The van der Waals surface area contributed by atoms with E-state index in [0.29, 0.717) is 13.0 Å². The molecule has 0 amide bonds. The summed E-state index contributed by atoms with van der Waals surface area (Å²) in [7, 11) is 0. The van der Waals surface area contributed by atoms with Gasteiger partial charge in [0.15, 0.2) is 0 Å². The van der Waals surface area contributed by atoms with Gasteiger partial charge >= 0.3 is 5.97 Å². The van der Waals surface area contributed by atoms with Crippen molar-refractivity contribution in [3.8, 4) is 0 Å². The van der Waals surface area contributed by atoms with Crippen LogP contribution in [-0.4, -0.2) is 12.6 Å². The van der Waals surface area contributed by atoms with Crippen molar-refractivity contribution in [3.05, 3.63) is 35.9 Å². The van der Waals surface area contributed by atoms with Gasteiger partial charge in [-0.3, -0.25) is 4.79 Å². The van der Waals surface area contributed by atoms with Crippen LogP contribution in [0, 0.1) is 5.41 Å². The molecule has 0 fully saturated rings. The highest BCUT2D eigenvalue weighted by Crippen LogP contribution is 2.32. The zero-order valence-corrected chi connectivity index (χ0v) is 21.6. The van der Waals surface area contributed by atoms with Gasteiger partial charge in [-0.15, -0.1) is 0 Å². The first-order valence-corrected chi connectivity index (χ1v) is 13.8. The Kier molecular flexibility index (Phi) is 17.2. The SMILES string of the molecule is CCCCCCCCCCC(C)(CCCCCCCC)COC(=O)CCc1ccccc1. The van der Waals surface area contributed by atoms with Crippen LogP contribution in [0.4, 0.5) is 0 Å².